The van der Waals surface area contributed by atoms with Crippen LogP contribution in [0.2, 0.25) is 0 Å². The summed E-state index contributed by atoms with van der Waals surface area (Å²) in [6, 6.07) is 6.37. The van der Waals surface area contributed by atoms with Crippen molar-refractivity contribution in [1.29, 1.82) is 0 Å². The number of aryl methyl sites for hydroxylation is 6. The Morgan fingerprint density at radius 2 is 0.731 bits per heavy atom. The highest BCUT2D eigenvalue weighted by atomic mass is 32.1. The molecule has 36 heteroatoms. The van der Waals surface area contributed by atoms with E-state index in [0.717, 1.165) is 105 Å². The van der Waals surface area contributed by atoms with E-state index < -0.39 is 0 Å². The maximum Gasteiger partial charge on any atom is 0.202 e. The SMILES string of the molecule is Cc1cc(CCN=C2NC(N(C)C)=NC(C)N2)co1.Cc1cocc1CCN(C)C1=NC(C)N=C(N)N1.Cc1cocc1CCN=C1NC(N(C)C)=NC(C)N1.Cc1cocc1CCN=C1NC(N)=NC(C)N1.Cc1sccc1CCN(C)C1=NC(C)N=C(N)N1.Cc1sccc1CCN=C1NC(N)=NC(C)N1. The maximum absolute atomic E-state index is 5.70. The number of likely N-dealkylation sites (N-methyl/N-ethyl adjacent to an activating group) is 2. The molecule has 6 atom stereocenters. The Labute approximate surface area is 642 Å². The van der Waals surface area contributed by atoms with Crippen LogP contribution in [0.1, 0.15) is 107 Å². The molecule has 0 aromatic carbocycles. The molecule has 12 rings (SSSR count). The zero-order valence-corrected chi connectivity index (χ0v) is 67.4. The van der Waals surface area contributed by atoms with Gasteiger partial charge in [-0.3, -0.25) is 51.9 Å². The molecule has 0 saturated heterocycles. The van der Waals surface area contributed by atoms with Gasteiger partial charge in [0.15, 0.2) is 47.7 Å². The molecule has 6 aliphatic heterocycles. The minimum Gasteiger partial charge on any atom is -0.472 e. The molecule has 6 aliphatic rings. The second-order valence-corrected chi connectivity index (χ2v) is 28.8. The summed E-state index contributed by atoms with van der Waals surface area (Å²) in [5.41, 5.74) is 33.7. The van der Waals surface area contributed by atoms with Crippen LogP contribution in [0, 0.1) is 41.5 Å². The lowest BCUT2D eigenvalue weighted by molar-refractivity contribution is 0.483. The Morgan fingerprint density at radius 3 is 1.06 bits per heavy atom. The maximum atomic E-state index is 5.70. The fraction of sp³-hybridized carbons (Fsp3) is 0.500. The average Bonchev–Trinajstić information content (AvgIpc) is 1.01. The van der Waals surface area contributed by atoms with E-state index >= 15 is 0 Å². The van der Waals surface area contributed by atoms with Gasteiger partial charge < -0.3 is 81.5 Å². The first-order valence-electron chi connectivity index (χ1n) is 35.9. The van der Waals surface area contributed by atoms with E-state index in [1.54, 1.807) is 66.5 Å². The summed E-state index contributed by atoms with van der Waals surface area (Å²) in [6.45, 7) is 28.6. The van der Waals surface area contributed by atoms with Gasteiger partial charge in [-0.05, 0) is 201 Å². The minimum absolute atomic E-state index is 0.0158. The van der Waals surface area contributed by atoms with Crippen LogP contribution in [0.25, 0.3) is 0 Å². The molecule has 18 N–H and O–H groups in total. The predicted octanol–water partition coefficient (Wildman–Crippen LogP) is 4.87. The Kier molecular flexibility index (Phi) is 33.0. The van der Waals surface area contributed by atoms with Crippen molar-refractivity contribution < 1.29 is 17.7 Å². The van der Waals surface area contributed by atoms with Gasteiger partial charge in [0.25, 0.3) is 0 Å². The van der Waals surface area contributed by atoms with Crippen LogP contribution in [0.3, 0.4) is 0 Å². The number of thiophene rings is 2. The largest absolute Gasteiger partial charge is 0.472 e. The molecule has 0 bridgehead atoms. The lowest BCUT2D eigenvalue weighted by atomic mass is 10.1. The third-order valence-electron chi connectivity index (χ3n) is 16.6. The first-order chi connectivity index (χ1) is 51.5. The number of rotatable bonds is 18. The zero-order valence-electron chi connectivity index (χ0n) is 65.8. The number of nitrogens with zero attached hydrogens (tertiary/aromatic N) is 16. The number of guanidine groups is 12. The van der Waals surface area contributed by atoms with Gasteiger partial charge in [0, 0.05) is 91.3 Å². The van der Waals surface area contributed by atoms with Crippen molar-refractivity contribution in [3.8, 4) is 0 Å². The number of nitrogens with two attached hydrogens (primary N) is 4. The number of aliphatic imine (C=N–C) groups is 12. The molecule has 0 saturated carbocycles. The van der Waals surface area contributed by atoms with Crippen molar-refractivity contribution in [2.75, 3.05) is 81.6 Å². The lowest BCUT2D eigenvalue weighted by Crippen LogP contribution is -2.53. The number of furan rings is 4. The molecular weight excluding hydrogens is 1410 g/mol. The van der Waals surface area contributed by atoms with E-state index in [0.29, 0.717) is 55.4 Å². The second kappa shape index (κ2) is 42.3. The molecule has 0 fully saturated rings. The molecule has 0 spiro atoms. The van der Waals surface area contributed by atoms with Crippen LogP contribution >= 0.6 is 22.7 Å². The zero-order chi connectivity index (χ0) is 78.4. The van der Waals surface area contributed by atoms with E-state index in [4.69, 9.17) is 40.6 Å². The van der Waals surface area contributed by atoms with Crippen LogP contribution in [0.4, 0.5) is 0 Å². The predicted molar refractivity (Wildman–Crippen MR) is 440 cm³/mol. The molecule has 6 aromatic heterocycles. The van der Waals surface area contributed by atoms with E-state index in [2.05, 4.69) is 155 Å². The van der Waals surface area contributed by atoms with Crippen molar-refractivity contribution in [2.24, 2.45) is 82.8 Å². The molecule has 588 valence electrons. The van der Waals surface area contributed by atoms with Gasteiger partial charge in [0.05, 0.1) is 43.8 Å². The number of hydrogen-bond donors (Lipinski definition) is 14. The molecule has 0 aliphatic carbocycles. The summed E-state index contributed by atoms with van der Waals surface area (Å²) in [6.07, 6.45) is 17.6. The first kappa shape index (κ1) is 84.2. The van der Waals surface area contributed by atoms with Gasteiger partial charge in [-0.2, -0.15) is 0 Å². The molecule has 108 heavy (non-hydrogen) atoms. The van der Waals surface area contributed by atoms with Crippen molar-refractivity contribution >= 4 is 94.2 Å². The second-order valence-electron chi connectivity index (χ2n) is 26.5. The summed E-state index contributed by atoms with van der Waals surface area (Å²) in [5.74, 6) is 8.73. The van der Waals surface area contributed by atoms with E-state index in [-0.39, 0.29) is 37.0 Å². The minimum atomic E-state index is -0.126. The standard InChI is InChI=1S/2C13H21N5O.C12H19N5O.C12H19N5S.C11H17N5O.C11H17N5S/c1-9-7-19-8-11(9)5-6-14-12-15-10(2)16-13(17-12)18(3)4;1-9-7-11(8-19-9)5-6-14-12-15-10(2)16-13(17-12)18(3)4;1-8-6-18-7-10(8)4-5-17(3)12-15-9(2)14-11(13)16-12;1-8-10(5-7-18-8)4-6-17(3)12-15-9(2)14-11(13)16-12;1-7-5-17-6-9(7)3-4-13-11-15-8(2)14-10(12)16-11;1-7-9(4-6-17-7)3-5-13-11-15-8(2)14-10(12)16-11/h2*7-8,10H,5-6H2,1-4H3,(H2,14,15,16,17);6-7,9H,4-5H2,1-3H3,(H3,13,14,15,16);5,7,9H,4,6H2,1-3H3,(H3,13,14,15,16);5-6,8H,3-4H2,1-2H3,(H4,12,13,14,15,16);4,6,8H,3,5H2,1-2H3,(H4,12,13,14,15,16). The van der Waals surface area contributed by atoms with Crippen LogP contribution in [-0.2, 0) is 38.5 Å². The van der Waals surface area contributed by atoms with Crippen LogP contribution in [0.5, 0.6) is 0 Å². The van der Waals surface area contributed by atoms with Gasteiger partial charge >= 0.3 is 0 Å². The summed E-state index contributed by atoms with van der Waals surface area (Å²) >= 11 is 3.56. The molecule has 6 unspecified atom stereocenters. The van der Waals surface area contributed by atoms with E-state index in [9.17, 15) is 0 Å². The lowest BCUT2D eigenvalue weighted by Gasteiger charge is -2.26. The summed E-state index contributed by atoms with van der Waals surface area (Å²) in [4.78, 5) is 62.7. The molecular formula is C72H114N30O4S2. The summed E-state index contributed by atoms with van der Waals surface area (Å²) in [7, 11) is 11.8. The van der Waals surface area contributed by atoms with E-state index in [1.807, 2.05) is 132 Å². The fourth-order valence-corrected chi connectivity index (χ4v) is 12.2. The van der Waals surface area contributed by atoms with Gasteiger partial charge in [-0.15, -0.1) is 22.7 Å². The quantitative estimate of drug-likeness (QED) is 0.0546. The van der Waals surface area contributed by atoms with E-state index in [1.165, 1.54) is 54.3 Å². The highest BCUT2D eigenvalue weighted by Gasteiger charge is 2.21. The average molecular weight is 1530 g/mol. The van der Waals surface area contributed by atoms with Crippen LogP contribution in [-0.4, -0.2) is 210 Å². The van der Waals surface area contributed by atoms with Crippen molar-refractivity contribution in [1.82, 2.24) is 72.8 Å². The smallest absolute Gasteiger partial charge is 0.202 e. The summed E-state index contributed by atoms with van der Waals surface area (Å²) in [5, 5.41) is 34.9. The monoisotopic (exact) mass is 1530 g/mol. The van der Waals surface area contributed by atoms with Crippen LogP contribution < -0.4 is 76.1 Å². The molecule has 12 heterocycles. The van der Waals surface area contributed by atoms with Gasteiger partial charge in [-0.25, -0.2) is 39.9 Å². The molecule has 0 radical (unpaired) electrons. The Hall–Kier alpha value is -11.0. The highest BCUT2D eigenvalue weighted by molar-refractivity contribution is 7.10. The van der Waals surface area contributed by atoms with Gasteiger partial charge in [-0.1, -0.05) is 0 Å². The molecule has 6 aromatic rings. The summed E-state index contributed by atoms with van der Waals surface area (Å²) < 4.78 is 20.7. The Morgan fingerprint density at radius 1 is 0.389 bits per heavy atom. The van der Waals surface area contributed by atoms with Crippen molar-refractivity contribution in [3.05, 3.63) is 138 Å². The van der Waals surface area contributed by atoms with Crippen LogP contribution in [0.15, 0.2) is 150 Å². The Bertz CT molecular complexity index is 4020. The van der Waals surface area contributed by atoms with Crippen molar-refractivity contribution in [3.63, 3.8) is 0 Å². The third kappa shape index (κ3) is 29.0. The highest BCUT2D eigenvalue weighted by Crippen LogP contribution is 2.18. The van der Waals surface area contributed by atoms with Crippen molar-refractivity contribution in [2.45, 2.75) is 159 Å². The number of nitrogens with one attached hydrogen (secondary N) is 10. The molecule has 0 amide bonds. The topological polar surface area (TPSA) is 438 Å². The van der Waals surface area contributed by atoms with Gasteiger partial charge in [0.2, 0.25) is 23.8 Å². The number of hydrogen-bond acceptors (Lipinski definition) is 28. The fourth-order valence-electron chi connectivity index (χ4n) is 10.6. The Balaban J connectivity index is 0.000000181. The normalized spacial score (nSPS) is 20.5. The first-order valence-corrected chi connectivity index (χ1v) is 37.7. The third-order valence-corrected chi connectivity index (χ3v) is 18.4. The molecule has 34 nitrogen and oxygen atoms in total. The van der Waals surface area contributed by atoms with Gasteiger partial charge in [0.1, 0.15) is 42.8 Å².